The maximum Gasteiger partial charge on any atom is 0.361 e. The van der Waals surface area contributed by atoms with Gasteiger partial charge in [0.15, 0.2) is 11.5 Å². The van der Waals surface area contributed by atoms with Gasteiger partial charge in [-0.05, 0) is 73.6 Å². The Morgan fingerprint density at radius 1 is 0.796 bits per heavy atom. The normalized spacial score (nSPS) is 12.1. The zero-order valence-electron chi connectivity index (χ0n) is 33.7. The van der Waals surface area contributed by atoms with Crippen molar-refractivity contribution in [3.63, 3.8) is 0 Å². The average Bonchev–Trinajstić information content (AvgIpc) is 3.52. The number of carboxylic acid groups (broad SMARTS) is 1. The quantitative estimate of drug-likeness (QED) is 0.0301. The minimum atomic E-state index is -3.95. The van der Waals surface area contributed by atoms with Crippen LogP contribution < -0.4 is 5.73 Å². The van der Waals surface area contributed by atoms with Crippen LogP contribution >= 0.6 is 7.60 Å². The third-order valence-corrected chi connectivity index (χ3v) is 9.41. The van der Waals surface area contributed by atoms with E-state index in [2.05, 4.69) is 34.0 Å². The molecule has 2 rings (SSSR count). The lowest BCUT2D eigenvalue weighted by Gasteiger charge is -2.22. The van der Waals surface area contributed by atoms with Crippen LogP contribution in [0.1, 0.15) is 138 Å². The van der Waals surface area contributed by atoms with Crippen LogP contribution in [0.2, 0.25) is 0 Å². The van der Waals surface area contributed by atoms with E-state index in [4.69, 9.17) is 34.1 Å². The van der Waals surface area contributed by atoms with E-state index in [9.17, 15) is 18.9 Å². The number of carbonyl (C=O) groups excluding carboxylic acids is 2. The lowest BCUT2D eigenvalue weighted by molar-refractivity contribution is -0.162. The van der Waals surface area contributed by atoms with Crippen molar-refractivity contribution in [1.29, 1.82) is 0 Å². The number of carbonyl (C=O) groups is 3. The predicted molar refractivity (Wildman–Crippen MR) is 208 cm³/mol. The molecule has 15 nitrogen and oxygen atoms in total. The van der Waals surface area contributed by atoms with Crippen LogP contribution in [-0.4, -0.2) is 69.1 Å². The van der Waals surface area contributed by atoms with E-state index in [1.165, 1.54) is 83.3 Å². The van der Waals surface area contributed by atoms with Gasteiger partial charge in [0.25, 0.3) is 0 Å². The first-order chi connectivity index (χ1) is 25.5. The molecule has 0 aliphatic carbocycles. The summed E-state index contributed by atoms with van der Waals surface area (Å²) in [4.78, 5) is 46.3. The van der Waals surface area contributed by atoms with E-state index in [0.29, 0.717) is 24.1 Å². The molecule has 54 heavy (non-hydrogen) atoms. The van der Waals surface area contributed by atoms with Crippen LogP contribution in [0.25, 0.3) is 11.2 Å². The van der Waals surface area contributed by atoms with Gasteiger partial charge >= 0.3 is 25.5 Å². The highest BCUT2D eigenvalue weighted by Crippen LogP contribution is 2.48. The van der Waals surface area contributed by atoms with Crippen molar-refractivity contribution < 1.29 is 47.3 Å². The molecule has 2 aromatic rings. The molecular weight excluding hydrogens is 717 g/mol. The third kappa shape index (κ3) is 22.1. The molecular formula is C38H66N5O10P. The number of rotatable bonds is 26. The minimum Gasteiger partial charge on any atom is -0.481 e. The van der Waals surface area contributed by atoms with E-state index in [1.807, 2.05) is 0 Å². The summed E-state index contributed by atoms with van der Waals surface area (Å²) in [6.45, 7) is 11.4. The number of hydrogen-bond donors (Lipinski definition) is 2. The van der Waals surface area contributed by atoms with Gasteiger partial charge in [-0.1, -0.05) is 70.4 Å². The molecule has 0 bridgehead atoms. The van der Waals surface area contributed by atoms with Gasteiger partial charge in [0, 0.05) is 13.0 Å². The van der Waals surface area contributed by atoms with Crippen molar-refractivity contribution in [1.82, 2.24) is 19.5 Å². The highest BCUT2D eigenvalue weighted by atomic mass is 31.2. The Hall–Kier alpha value is -3.39. The van der Waals surface area contributed by atoms with Crippen LogP contribution in [0, 0.1) is 10.8 Å². The standard InChI is InChI=1S/C20H32N5O8P.C18H34O2/c1-19(2,3)17(26)30-11-32-34(28,33-12-31-18(27)20(4,5)6)13-29-8-7-25-10-24-14-15(21)22-9-23-16(14)25;1-2-3-4-5-6-7-8-9-10-11-12-13-14-15-16-17-18(19)20/h9-10H,7-8,11-13H2,1-6H3,(H2,21,22,23);9-10H,2-8,11-17H2,1H3,(H,19,20)/b;10-9-. The number of carboxylic acids is 1. The molecule has 0 fully saturated rings. The summed E-state index contributed by atoms with van der Waals surface area (Å²) < 4.78 is 40.7. The molecule has 0 saturated carbocycles. The fourth-order valence-corrected chi connectivity index (χ4v) is 5.62. The maximum absolute atomic E-state index is 13.1. The van der Waals surface area contributed by atoms with Crippen LogP contribution in [0.5, 0.6) is 0 Å². The number of aliphatic carboxylic acids is 1. The number of allylic oxidation sites excluding steroid dienone is 2. The molecule has 16 heteroatoms. The first kappa shape index (κ1) is 48.6. The molecule has 0 aliphatic rings. The molecule has 0 unspecified atom stereocenters. The number of ether oxygens (including phenoxy) is 3. The van der Waals surface area contributed by atoms with E-state index in [-0.39, 0.29) is 12.4 Å². The second kappa shape index (κ2) is 26.4. The fraction of sp³-hybridized carbons (Fsp3) is 0.737. The van der Waals surface area contributed by atoms with Gasteiger partial charge < -0.3 is 29.6 Å². The number of esters is 2. The maximum atomic E-state index is 13.1. The molecule has 0 atom stereocenters. The van der Waals surface area contributed by atoms with Gasteiger partial charge in [0.1, 0.15) is 18.2 Å². The number of aromatic nitrogens is 4. The van der Waals surface area contributed by atoms with Gasteiger partial charge in [-0.25, -0.2) is 15.0 Å². The number of fused-ring (bicyclic) bond motifs is 1. The molecule has 0 aromatic carbocycles. The van der Waals surface area contributed by atoms with Gasteiger partial charge in [-0.3, -0.25) is 28.0 Å². The second-order valence-corrected chi connectivity index (χ2v) is 17.1. The van der Waals surface area contributed by atoms with Gasteiger partial charge in [-0.15, -0.1) is 0 Å². The summed E-state index contributed by atoms with van der Waals surface area (Å²) in [6, 6.07) is 0. The van der Waals surface area contributed by atoms with E-state index in [0.717, 1.165) is 12.8 Å². The molecule has 0 radical (unpaired) electrons. The van der Waals surface area contributed by atoms with Crippen molar-refractivity contribution in [3.05, 3.63) is 24.8 Å². The highest BCUT2D eigenvalue weighted by molar-refractivity contribution is 7.53. The number of unbranched alkanes of at least 4 members (excludes halogenated alkanes) is 11. The first-order valence-electron chi connectivity index (χ1n) is 19.1. The third-order valence-electron chi connectivity index (χ3n) is 7.91. The Labute approximate surface area is 321 Å². The number of nitrogens with zero attached hydrogens (tertiary/aromatic N) is 4. The average molecular weight is 784 g/mol. The fourth-order valence-electron chi connectivity index (χ4n) is 4.61. The molecule has 308 valence electrons. The Morgan fingerprint density at radius 3 is 1.83 bits per heavy atom. The van der Waals surface area contributed by atoms with Crippen molar-refractivity contribution in [3.8, 4) is 0 Å². The Bertz CT molecular complexity index is 1420. The van der Waals surface area contributed by atoms with Crippen LogP contribution in [0.4, 0.5) is 5.82 Å². The number of nitrogens with two attached hydrogens (primary N) is 1. The highest BCUT2D eigenvalue weighted by Gasteiger charge is 2.30. The van der Waals surface area contributed by atoms with Crippen molar-refractivity contribution in [2.24, 2.45) is 10.8 Å². The second-order valence-electron chi connectivity index (χ2n) is 15.1. The zero-order chi connectivity index (χ0) is 40.5. The van der Waals surface area contributed by atoms with E-state index < -0.39 is 56.3 Å². The lowest BCUT2D eigenvalue weighted by Crippen LogP contribution is -2.25. The minimum absolute atomic E-state index is 0.0929. The Kier molecular flexibility index (Phi) is 23.8. The van der Waals surface area contributed by atoms with Crippen LogP contribution in [0.3, 0.4) is 0 Å². The predicted octanol–water partition coefficient (Wildman–Crippen LogP) is 8.81. The Morgan fingerprint density at radius 2 is 1.31 bits per heavy atom. The number of nitrogen functional groups attached to an aromatic ring is 1. The van der Waals surface area contributed by atoms with Gasteiger partial charge in [0.05, 0.1) is 23.8 Å². The summed E-state index contributed by atoms with van der Waals surface area (Å²) in [6.07, 6.45) is 23.6. The van der Waals surface area contributed by atoms with Crippen molar-refractivity contribution >= 4 is 42.5 Å². The van der Waals surface area contributed by atoms with Crippen molar-refractivity contribution in [2.45, 2.75) is 145 Å². The zero-order valence-corrected chi connectivity index (χ0v) is 34.6. The van der Waals surface area contributed by atoms with Gasteiger partial charge in [-0.2, -0.15) is 0 Å². The smallest absolute Gasteiger partial charge is 0.361 e. The molecule has 3 N–H and O–H groups in total. The van der Waals surface area contributed by atoms with Gasteiger partial charge in [0.2, 0.25) is 13.6 Å². The van der Waals surface area contributed by atoms with Crippen LogP contribution in [0.15, 0.2) is 24.8 Å². The molecule has 2 heterocycles. The SMILES string of the molecule is CC(C)(C)C(=O)OCOP(=O)(COCCn1cnc2c(N)ncnc21)OCOC(=O)C(C)(C)C.CCCCCCCC/C=C\CCCCCCCC(=O)O. The van der Waals surface area contributed by atoms with Crippen LogP contribution in [-0.2, 0) is 48.8 Å². The van der Waals surface area contributed by atoms with E-state index in [1.54, 1.807) is 46.1 Å². The molecule has 0 amide bonds. The molecule has 0 aliphatic heterocycles. The summed E-state index contributed by atoms with van der Waals surface area (Å²) in [5, 5.41) is 8.51. The van der Waals surface area contributed by atoms with Crippen molar-refractivity contribution in [2.75, 3.05) is 32.3 Å². The molecule has 0 saturated heterocycles. The summed E-state index contributed by atoms with van der Waals surface area (Å²) in [5.74, 6) is -1.51. The first-order valence-corrected chi connectivity index (χ1v) is 20.8. The number of imidazole rings is 1. The molecule has 2 aromatic heterocycles. The summed E-state index contributed by atoms with van der Waals surface area (Å²) in [7, 11) is -3.95. The summed E-state index contributed by atoms with van der Waals surface area (Å²) >= 11 is 0. The topological polar surface area (TPSA) is 204 Å². The summed E-state index contributed by atoms with van der Waals surface area (Å²) in [5.41, 5.74) is 5.21. The largest absolute Gasteiger partial charge is 0.481 e. The van der Waals surface area contributed by atoms with E-state index >= 15 is 0 Å². The Balaban J connectivity index is 0.000000623. The number of anilines is 1. The lowest BCUT2D eigenvalue weighted by atomic mass is 9.98. The molecule has 0 spiro atoms. The number of hydrogen-bond acceptors (Lipinski definition) is 13. The monoisotopic (exact) mass is 783 g/mol.